The Morgan fingerprint density at radius 1 is 1.15 bits per heavy atom. The number of hydrogen-bond donors (Lipinski definition) is 2. The lowest BCUT2D eigenvalue weighted by Crippen LogP contribution is -2.36. The Labute approximate surface area is 156 Å². The second-order valence-corrected chi connectivity index (χ2v) is 8.66. The first-order valence-electron chi connectivity index (χ1n) is 9.37. The van der Waals surface area contributed by atoms with Crippen LogP contribution in [0, 0.1) is 11.8 Å². The summed E-state index contributed by atoms with van der Waals surface area (Å²) in [4.78, 5) is 12.3. The molecule has 1 saturated carbocycles. The van der Waals surface area contributed by atoms with Gasteiger partial charge in [0.05, 0.1) is 12.0 Å². The van der Waals surface area contributed by atoms with E-state index in [2.05, 4.69) is 17.0 Å². The number of ether oxygens (including phenoxy) is 1. The number of carbonyl (C=O) groups excluding carboxylic acids is 1. The number of methoxy groups -OCH3 is 1. The lowest BCUT2D eigenvalue weighted by molar-refractivity contribution is -0.126. The highest BCUT2D eigenvalue weighted by Gasteiger charge is 2.27. The van der Waals surface area contributed by atoms with Gasteiger partial charge in [0, 0.05) is 19.0 Å². The van der Waals surface area contributed by atoms with Crippen molar-refractivity contribution in [2.75, 3.05) is 20.2 Å². The van der Waals surface area contributed by atoms with E-state index in [0.29, 0.717) is 12.3 Å². The first kappa shape index (κ1) is 20.7. The fraction of sp³-hybridized carbons (Fsp3) is 0.632. The Hall–Kier alpha value is -1.60. The van der Waals surface area contributed by atoms with Gasteiger partial charge in [-0.25, -0.2) is 13.1 Å². The van der Waals surface area contributed by atoms with Crippen LogP contribution in [0.1, 0.15) is 45.4 Å². The molecule has 1 aliphatic carbocycles. The van der Waals surface area contributed by atoms with Crippen LogP contribution in [0.15, 0.2) is 29.2 Å². The van der Waals surface area contributed by atoms with Gasteiger partial charge < -0.3 is 10.1 Å². The maximum atomic E-state index is 12.4. The Bertz CT molecular complexity index is 665. The molecule has 2 N–H and O–H groups in total. The van der Waals surface area contributed by atoms with Gasteiger partial charge in [0.2, 0.25) is 15.9 Å². The number of nitrogens with one attached hydrogen (secondary N) is 2. The molecule has 0 unspecified atom stereocenters. The van der Waals surface area contributed by atoms with E-state index in [4.69, 9.17) is 4.74 Å². The fourth-order valence-electron chi connectivity index (χ4n) is 3.23. The van der Waals surface area contributed by atoms with E-state index < -0.39 is 10.0 Å². The summed E-state index contributed by atoms with van der Waals surface area (Å²) in [5.74, 6) is 1.12. The second kappa shape index (κ2) is 9.92. The number of hydrogen-bond acceptors (Lipinski definition) is 4. The summed E-state index contributed by atoms with van der Waals surface area (Å²) in [6, 6.07) is 6.35. The highest BCUT2D eigenvalue weighted by molar-refractivity contribution is 7.89. The van der Waals surface area contributed by atoms with E-state index in [9.17, 15) is 13.2 Å². The average Bonchev–Trinajstić information content (AvgIpc) is 2.67. The first-order valence-corrected chi connectivity index (χ1v) is 10.9. The minimum Gasteiger partial charge on any atom is -0.497 e. The molecule has 6 nitrogen and oxygen atoms in total. The SMILES string of the molecule is CCCCNC(=O)C1CCC(CNS(=O)(=O)c2ccc(OC)cc2)CC1. The van der Waals surface area contributed by atoms with Crippen LogP contribution in [0.5, 0.6) is 5.75 Å². The first-order chi connectivity index (χ1) is 12.5. The predicted octanol–water partition coefficient (Wildman–Crippen LogP) is 2.70. The van der Waals surface area contributed by atoms with Crippen molar-refractivity contribution in [2.24, 2.45) is 11.8 Å². The largest absolute Gasteiger partial charge is 0.497 e. The maximum absolute atomic E-state index is 12.4. The molecular weight excluding hydrogens is 352 g/mol. The van der Waals surface area contributed by atoms with Gasteiger partial charge in [0.1, 0.15) is 5.75 Å². The van der Waals surface area contributed by atoms with Crippen LogP contribution in [0.25, 0.3) is 0 Å². The highest BCUT2D eigenvalue weighted by atomic mass is 32.2. The summed E-state index contributed by atoms with van der Waals surface area (Å²) < 4.78 is 32.5. The minimum atomic E-state index is -3.51. The summed E-state index contributed by atoms with van der Waals surface area (Å²) in [5, 5.41) is 2.99. The number of carbonyl (C=O) groups is 1. The van der Waals surface area contributed by atoms with Gasteiger partial charge in [-0.1, -0.05) is 13.3 Å². The normalized spacial score (nSPS) is 20.5. The zero-order valence-corrected chi connectivity index (χ0v) is 16.5. The van der Waals surface area contributed by atoms with Crippen LogP contribution in [0.3, 0.4) is 0 Å². The highest BCUT2D eigenvalue weighted by Crippen LogP contribution is 2.29. The molecule has 1 aromatic carbocycles. The van der Waals surface area contributed by atoms with Crippen molar-refractivity contribution in [3.8, 4) is 5.75 Å². The molecule has 0 heterocycles. The molecule has 0 spiro atoms. The van der Waals surface area contributed by atoms with Gasteiger partial charge in [0.25, 0.3) is 0 Å². The summed E-state index contributed by atoms with van der Waals surface area (Å²) in [6.07, 6.45) is 5.48. The molecule has 7 heteroatoms. The van der Waals surface area contributed by atoms with Crippen molar-refractivity contribution < 1.29 is 17.9 Å². The van der Waals surface area contributed by atoms with Gasteiger partial charge in [-0.05, 0) is 62.3 Å². The molecule has 2 rings (SSSR count). The van der Waals surface area contributed by atoms with Gasteiger partial charge in [-0.15, -0.1) is 0 Å². The van der Waals surface area contributed by atoms with Crippen LogP contribution < -0.4 is 14.8 Å². The quantitative estimate of drug-likeness (QED) is 0.643. The fourth-order valence-corrected chi connectivity index (χ4v) is 4.34. The van der Waals surface area contributed by atoms with Crippen molar-refractivity contribution in [3.05, 3.63) is 24.3 Å². The van der Waals surface area contributed by atoms with Crippen LogP contribution in [0.2, 0.25) is 0 Å². The third-order valence-corrected chi connectivity index (χ3v) is 6.42. The monoisotopic (exact) mass is 382 g/mol. The number of amides is 1. The predicted molar refractivity (Wildman–Crippen MR) is 102 cm³/mol. The van der Waals surface area contributed by atoms with Crippen molar-refractivity contribution in [3.63, 3.8) is 0 Å². The van der Waals surface area contributed by atoms with Gasteiger partial charge >= 0.3 is 0 Å². The zero-order chi connectivity index (χ0) is 19.0. The summed E-state index contributed by atoms with van der Waals surface area (Å²) in [5.41, 5.74) is 0. The molecular formula is C19H30N2O4S. The minimum absolute atomic E-state index is 0.0706. The van der Waals surface area contributed by atoms with E-state index >= 15 is 0 Å². The molecule has 26 heavy (non-hydrogen) atoms. The number of benzene rings is 1. The van der Waals surface area contributed by atoms with Gasteiger partial charge in [0.15, 0.2) is 0 Å². The third-order valence-electron chi connectivity index (χ3n) is 4.98. The van der Waals surface area contributed by atoms with Crippen LogP contribution >= 0.6 is 0 Å². The van der Waals surface area contributed by atoms with E-state index in [-0.39, 0.29) is 22.6 Å². The number of sulfonamides is 1. The molecule has 1 fully saturated rings. The Morgan fingerprint density at radius 3 is 2.38 bits per heavy atom. The lowest BCUT2D eigenvalue weighted by atomic mass is 9.81. The lowest BCUT2D eigenvalue weighted by Gasteiger charge is -2.27. The zero-order valence-electron chi connectivity index (χ0n) is 15.7. The van der Waals surface area contributed by atoms with E-state index in [1.165, 1.54) is 0 Å². The molecule has 0 aromatic heterocycles. The maximum Gasteiger partial charge on any atom is 0.240 e. The molecule has 146 valence electrons. The Morgan fingerprint density at radius 2 is 1.81 bits per heavy atom. The van der Waals surface area contributed by atoms with Crippen molar-refractivity contribution in [1.82, 2.24) is 10.0 Å². The molecule has 0 saturated heterocycles. The Balaban J connectivity index is 1.77. The standard InChI is InChI=1S/C19H30N2O4S/c1-3-4-13-20-19(22)16-7-5-15(6-8-16)14-21-26(23,24)18-11-9-17(25-2)10-12-18/h9-12,15-16,21H,3-8,13-14H2,1-2H3,(H,20,22). The van der Waals surface area contributed by atoms with Crippen LogP contribution in [0.4, 0.5) is 0 Å². The number of unbranched alkanes of at least 4 members (excludes halogenated alkanes) is 1. The van der Waals surface area contributed by atoms with Gasteiger partial charge in [-0.3, -0.25) is 4.79 Å². The van der Waals surface area contributed by atoms with E-state index in [1.807, 2.05) is 0 Å². The molecule has 0 bridgehead atoms. The molecule has 1 aromatic rings. The van der Waals surface area contributed by atoms with E-state index in [0.717, 1.165) is 45.1 Å². The molecule has 1 amide bonds. The van der Waals surface area contributed by atoms with E-state index in [1.54, 1.807) is 31.4 Å². The number of rotatable bonds is 9. The summed E-state index contributed by atoms with van der Waals surface area (Å²) in [6.45, 7) is 3.26. The second-order valence-electron chi connectivity index (χ2n) is 6.89. The molecule has 0 atom stereocenters. The molecule has 0 aliphatic heterocycles. The molecule has 0 radical (unpaired) electrons. The summed E-state index contributed by atoms with van der Waals surface area (Å²) >= 11 is 0. The topological polar surface area (TPSA) is 84.5 Å². The van der Waals surface area contributed by atoms with Crippen molar-refractivity contribution in [2.45, 2.75) is 50.3 Å². The van der Waals surface area contributed by atoms with Crippen molar-refractivity contribution in [1.29, 1.82) is 0 Å². The van der Waals surface area contributed by atoms with Crippen molar-refractivity contribution >= 4 is 15.9 Å². The smallest absolute Gasteiger partial charge is 0.240 e. The molecule has 1 aliphatic rings. The van der Waals surface area contributed by atoms with Gasteiger partial charge in [-0.2, -0.15) is 0 Å². The van der Waals surface area contributed by atoms with Crippen LogP contribution in [-0.2, 0) is 14.8 Å². The third kappa shape index (κ3) is 5.99. The van der Waals surface area contributed by atoms with Crippen LogP contribution in [-0.4, -0.2) is 34.5 Å². The summed E-state index contributed by atoms with van der Waals surface area (Å²) in [7, 11) is -1.97. The average molecular weight is 383 g/mol. The Kier molecular flexibility index (Phi) is 7.90.